The van der Waals surface area contributed by atoms with Gasteiger partial charge in [-0.1, -0.05) is 6.07 Å². The van der Waals surface area contributed by atoms with Crippen molar-refractivity contribution in [3.05, 3.63) is 84.1 Å². The van der Waals surface area contributed by atoms with Crippen LogP contribution in [0.15, 0.2) is 67.1 Å². The summed E-state index contributed by atoms with van der Waals surface area (Å²) in [4.78, 5) is 30.7. The molecule has 4 aromatic rings. The smallest absolute Gasteiger partial charge is 0.254 e. The molecule has 0 saturated carbocycles. The average Bonchev–Trinajstić information content (AvgIpc) is 3.39. The molecule has 1 aliphatic rings. The standard InChI is InChI=1S/C25H26N8O/c1-18-7-9-26-22(15-18)30-23-17-24(29-19(2)28-23)31-11-13-32(14-12-31)25(34)20-5-3-6-21(16-20)33-10-4-8-27-33/h3-10,15-17H,11-14H2,1-2H3,(H,26,28,29,30). The van der Waals surface area contributed by atoms with Crippen molar-refractivity contribution in [2.75, 3.05) is 36.4 Å². The monoisotopic (exact) mass is 454 g/mol. The van der Waals surface area contributed by atoms with E-state index in [1.807, 2.05) is 73.5 Å². The summed E-state index contributed by atoms with van der Waals surface area (Å²) < 4.78 is 1.75. The Bertz CT molecular complexity index is 1300. The van der Waals surface area contributed by atoms with Gasteiger partial charge in [0.1, 0.15) is 23.3 Å². The van der Waals surface area contributed by atoms with Crippen molar-refractivity contribution in [2.24, 2.45) is 0 Å². The first-order valence-electron chi connectivity index (χ1n) is 11.2. The number of nitrogens with one attached hydrogen (secondary N) is 1. The van der Waals surface area contributed by atoms with Gasteiger partial charge in [0.05, 0.1) is 5.69 Å². The van der Waals surface area contributed by atoms with E-state index in [0.29, 0.717) is 43.4 Å². The fraction of sp³-hybridized carbons (Fsp3) is 0.240. The normalized spacial score (nSPS) is 13.7. The Hall–Kier alpha value is -4.27. The van der Waals surface area contributed by atoms with Crippen LogP contribution in [-0.2, 0) is 0 Å². The van der Waals surface area contributed by atoms with Crippen molar-refractivity contribution in [1.82, 2.24) is 29.6 Å². The van der Waals surface area contributed by atoms with E-state index in [2.05, 4.69) is 30.3 Å². The zero-order valence-corrected chi connectivity index (χ0v) is 19.2. The number of aromatic nitrogens is 5. The number of aryl methyl sites for hydroxylation is 2. The van der Waals surface area contributed by atoms with Crippen LogP contribution in [0.4, 0.5) is 17.5 Å². The van der Waals surface area contributed by atoms with Gasteiger partial charge in [0.2, 0.25) is 0 Å². The van der Waals surface area contributed by atoms with Crippen LogP contribution < -0.4 is 10.2 Å². The Labute approximate surface area is 198 Å². The molecule has 0 spiro atoms. The molecular weight excluding hydrogens is 428 g/mol. The number of benzene rings is 1. The number of amides is 1. The minimum atomic E-state index is 0.0281. The van der Waals surface area contributed by atoms with Gasteiger partial charge in [-0.15, -0.1) is 0 Å². The van der Waals surface area contributed by atoms with Gasteiger partial charge >= 0.3 is 0 Å². The number of carbonyl (C=O) groups excluding carboxylic acids is 1. The summed E-state index contributed by atoms with van der Waals surface area (Å²) in [6, 6.07) is 15.3. The topological polar surface area (TPSA) is 92.1 Å². The third-order valence-corrected chi connectivity index (χ3v) is 5.75. The highest BCUT2D eigenvalue weighted by Gasteiger charge is 2.24. The van der Waals surface area contributed by atoms with Crippen LogP contribution in [0, 0.1) is 13.8 Å². The third kappa shape index (κ3) is 4.73. The molecular formula is C25H26N8O. The maximum Gasteiger partial charge on any atom is 0.254 e. The Kier molecular flexibility index (Phi) is 5.90. The summed E-state index contributed by atoms with van der Waals surface area (Å²) in [5.74, 6) is 3.00. The molecule has 9 nitrogen and oxygen atoms in total. The van der Waals surface area contributed by atoms with Crippen LogP contribution >= 0.6 is 0 Å². The minimum absolute atomic E-state index is 0.0281. The molecule has 1 amide bonds. The highest BCUT2D eigenvalue weighted by Crippen LogP contribution is 2.21. The number of piperazine rings is 1. The Balaban J connectivity index is 1.26. The van der Waals surface area contributed by atoms with Gasteiger partial charge < -0.3 is 15.1 Å². The first-order chi connectivity index (χ1) is 16.5. The molecule has 3 aromatic heterocycles. The molecule has 1 fully saturated rings. The van der Waals surface area contributed by atoms with E-state index in [1.54, 1.807) is 17.1 Å². The number of anilines is 3. The molecule has 172 valence electrons. The van der Waals surface area contributed by atoms with Crippen molar-refractivity contribution in [3.8, 4) is 5.69 Å². The molecule has 1 saturated heterocycles. The quantitative estimate of drug-likeness (QED) is 0.494. The lowest BCUT2D eigenvalue weighted by atomic mass is 10.1. The van der Waals surface area contributed by atoms with E-state index in [0.717, 1.165) is 22.9 Å². The number of carbonyl (C=O) groups is 1. The predicted molar refractivity (Wildman–Crippen MR) is 131 cm³/mol. The molecule has 5 rings (SSSR count). The Morgan fingerprint density at radius 1 is 0.912 bits per heavy atom. The van der Waals surface area contributed by atoms with Crippen LogP contribution in [0.2, 0.25) is 0 Å². The van der Waals surface area contributed by atoms with Gasteiger partial charge in [-0.3, -0.25) is 4.79 Å². The third-order valence-electron chi connectivity index (χ3n) is 5.75. The lowest BCUT2D eigenvalue weighted by molar-refractivity contribution is 0.0746. The van der Waals surface area contributed by atoms with Crippen molar-refractivity contribution in [3.63, 3.8) is 0 Å². The zero-order chi connectivity index (χ0) is 23.5. The molecule has 1 aromatic carbocycles. The second-order valence-corrected chi connectivity index (χ2v) is 8.28. The van der Waals surface area contributed by atoms with Crippen LogP contribution in [-0.4, -0.2) is 61.7 Å². The predicted octanol–water partition coefficient (Wildman–Crippen LogP) is 3.38. The van der Waals surface area contributed by atoms with Gasteiger partial charge in [-0.25, -0.2) is 19.6 Å². The van der Waals surface area contributed by atoms with Crippen LogP contribution in [0.5, 0.6) is 0 Å². The van der Waals surface area contributed by atoms with Gasteiger partial charge in [0, 0.05) is 56.4 Å². The van der Waals surface area contributed by atoms with E-state index >= 15 is 0 Å². The molecule has 1 aliphatic heterocycles. The number of hydrogen-bond donors (Lipinski definition) is 1. The summed E-state index contributed by atoms with van der Waals surface area (Å²) in [5.41, 5.74) is 2.66. The minimum Gasteiger partial charge on any atom is -0.353 e. The number of nitrogens with zero attached hydrogens (tertiary/aromatic N) is 7. The highest BCUT2D eigenvalue weighted by molar-refractivity contribution is 5.95. The first-order valence-corrected chi connectivity index (χ1v) is 11.2. The van der Waals surface area contributed by atoms with Gasteiger partial charge in [0.25, 0.3) is 5.91 Å². The summed E-state index contributed by atoms with van der Waals surface area (Å²) in [7, 11) is 0. The largest absolute Gasteiger partial charge is 0.353 e. The fourth-order valence-corrected chi connectivity index (χ4v) is 4.04. The molecule has 0 atom stereocenters. The second-order valence-electron chi connectivity index (χ2n) is 8.28. The van der Waals surface area contributed by atoms with Crippen LogP contribution in [0.1, 0.15) is 21.7 Å². The zero-order valence-electron chi connectivity index (χ0n) is 19.2. The highest BCUT2D eigenvalue weighted by atomic mass is 16.2. The van der Waals surface area contributed by atoms with E-state index < -0.39 is 0 Å². The molecule has 0 aliphatic carbocycles. The molecule has 4 heterocycles. The van der Waals surface area contributed by atoms with Crippen molar-refractivity contribution >= 4 is 23.4 Å². The maximum atomic E-state index is 13.1. The summed E-state index contributed by atoms with van der Waals surface area (Å²) in [6.07, 6.45) is 5.36. The van der Waals surface area contributed by atoms with Gasteiger partial charge in [0.15, 0.2) is 0 Å². The van der Waals surface area contributed by atoms with Gasteiger partial charge in [-0.2, -0.15) is 5.10 Å². The van der Waals surface area contributed by atoms with Crippen LogP contribution in [0.25, 0.3) is 5.69 Å². The van der Waals surface area contributed by atoms with E-state index in [4.69, 9.17) is 0 Å². The second kappa shape index (κ2) is 9.30. The molecule has 0 radical (unpaired) electrons. The van der Waals surface area contributed by atoms with Crippen molar-refractivity contribution in [2.45, 2.75) is 13.8 Å². The fourth-order valence-electron chi connectivity index (χ4n) is 4.04. The maximum absolute atomic E-state index is 13.1. The first kappa shape index (κ1) is 21.6. The lowest BCUT2D eigenvalue weighted by Gasteiger charge is -2.35. The molecule has 1 N–H and O–H groups in total. The average molecular weight is 455 g/mol. The SMILES string of the molecule is Cc1ccnc(Nc2cc(N3CCN(C(=O)c4cccc(-n5cccn5)c4)CC3)nc(C)n2)c1. The van der Waals surface area contributed by atoms with Crippen molar-refractivity contribution < 1.29 is 4.79 Å². The summed E-state index contributed by atoms with van der Waals surface area (Å²) in [6.45, 7) is 6.54. The number of hydrogen-bond acceptors (Lipinski definition) is 7. The Morgan fingerprint density at radius 2 is 1.76 bits per heavy atom. The van der Waals surface area contributed by atoms with E-state index in [9.17, 15) is 4.79 Å². The lowest BCUT2D eigenvalue weighted by Crippen LogP contribution is -2.49. The van der Waals surface area contributed by atoms with E-state index in [1.165, 1.54) is 0 Å². The summed E-state index contributed by atoms with van der Waals surface area (Å²) in [5, 5.41) is 7.52. The molecule has 34 heavy (non-hydrogen) atoms. The summed E-state index contributed by atoms with van der Waals surface area (Å²) >= 11 is 0. The van der Waals surface area contributed by atoms with Crippen LogP contribution in [0.3, 0.4) is 0 Å². The number of pyridine rings is 1. The molecule has 0 bridgehead atoms. The molecule has 9 heteroatoms. The van der Waals surface area contributed by atoms with Gasteiger partial charge in [-0.05, 0) is 55.8 Å². The van der Waals surface area contributed by atoms with E-state index in [-0.39, 0.29) is 5.91 Å². The van der Waals surface area contributed by atoms with Crippen molar-refractivity contribution in [1.29, 1.82) is 0 Å². The molecule has 0 unspecified atom stereocenters. The number of rotatable bonds is 5. The Morgan fingerprint density at radius 3 is 2.53 bits per heavy atom.